The Labute approximate surface area is 233 Å². The van der Waals surface area contributed by atoms with Crippen LogP contribution in [0.2, 0.25) is 0 Å². The van der Waals surface area contributed by atoms with Gasteiger partial charge in [0.1, 0.15) is 16.4 Å². The summed E-state index contributed by atoms with van der Waals surface area (Å²) in [5.41, 5.74) is 0. The highest BCUT2D eigenvalue weighted by molar-refractivity contribution is 8.25. The number of rotatable bonds is 1. The zero-order chi connectivity index (χ0) is 23.6. The normalized spacial score (nSPS) is 34.6. The Morgan fingerprint density at radius 2 is 0.733 bits per heavy atom. The van der Waals surface area contributed by atoms with Crippen LogP contribution in [0.5, 0.6) is 0 Å². The topological polar surface area (TPSA) is 80.6 Å². The van der Waals surface area contributed by atoms with Gasteiger partial charge in [-0.05, 0) is 148 Å². The lowest BCUT2D eigenvalue weighted by atomic mass is 12.0. The van der Waals surface area contributed by atoms with Gasteiger partial charge in [-0.3, -0.25) is 0 Å². The second-order valence-corrected chi connectivity index (χ2v) is 38.7. The molecule has 0 bridgehead atoms. The van der Waals surface area contributed by atoms with Crippen molar-refractivity contribution in [1.29, 1.82) is 0 Å². The molecule has 0 aromatic rings. The number of hydrogen-bond acceptors (Lipinski definition) is 8. The van der Waals surface area contributed by atoms with E-state index in [2.05, 4.69) is 27.1 Å². The van der Waals surface area contributed by atoms with Crippen molar-refractivity contribution in [2.45, 2.75) is 0 Å². The Bertz CT molecular complexity index is 960. The monoisotopic (exact) mass is 809 g/mol. The molecule has 0 aliphatic carbocycles. The average molecular weight is 815 g/mol. The first-order valence-corrected chi connectivity index (χ1v) is 30.7. The van der Waals surface area contributed by atoms with Gasteiger partial charge in [-0.1, -0.05) is 0 Å². The lowest BCUT2D eigenvalue weighted by Gasteiger charge is -2.43. The number of hydrogen-bond donors (Lipinski definition) is 0. The van der Waals surface area contributed by atoms with Crippen molar-refractivity contribution < 1.29 is 0 Å². The highest BCUT2D eigenvalue weighted by atomic mass is 35.9. The third kappa shape index (κ3) is 8.85. The molecule has 2 unspecified atom stereocenters. The van der Waals surface area contributed by atoms with E-state index >= 15 is 0 Å². The molecular weight excluding hydrogens is 809 g/mol. The molecule has 0 N–H and O–H groups in total. The van der Waals surface area contributed by atoms with Crippen molar-refractivity contribution in [3.05, 3.63) is 0 Å². The minimum atomic E-state index is -3.62. The third-order valence-electron chi connectivity index (χ3n) is 2.44. The van der Waals surface area contributed by atoms with Gasteiger partial charge in [0.15, 0.2) is 0 Å². The summed E-state index contributed by atoms with van der Waals surface area (Å²) in [6, 6.07) is 0. The molecule has 178 valence electrons. The summed E-state index contributed by atoms with van der Waals surface area (Å²) in [5.74, 6) is -21.0. The fourth-order valence-electron chi connectivity index (χ4n) is 1.78. The zero-order valence-electron chi connectivity index (χ0n) is 13.7. The van der Waals surface area contributed by atoms with Crippen LogP contribution in [0, 0.1) is 0 Å². The molecule has 0 radical (unpaired) electrons. The molecule has 8 nitrogen and oxygen atoms in total. The summed E-state index contributed by atoms with van der Waals surface area (Å²) in [5, 5.41) is 0. The van der Waals surface area contributed by atoms with E-state index in [0.717, 1.165) is 0 Å². The quantitative estimate of drug-likeness (QED) is 0.247. The van der Waals surface area contributed by atoms with E-state index in [1.54, 1.807) is 13.3 Å². The van der Waals surface area contributed by atoms with Crippen LogP contribution >= 0.6 is 187 Å². The Balaban J connectivity index is 2.94. The van der Waals surface area contributed by atoms with Gasteiger partial charge in [-0.15, -0.1) is 9.10 Å². The smallest absolute Gasteiger partial charge is 0.212 e. The highest BCUT2D eigenvalue weighted by Crippen LogP contribution is 2.92. The van der Waals surface area contributed by atoms with E-state index in [9.17, 15) is 0 Å². The fraction of sp³-hybridized carbons (Fsp3) is 1.00. The summed E-state index contributed by atoms with van der Waals surface area (Å²) in [4.78, 5) is 0. The van der Waals surface area contributed by atoms with Gasteiger partial charge in [-0.25, -0.2) is 9.03 Å². The maximum atomic E-state index is 6.62. The van der Waals surface area contributed by atoms with Crippen LogP contribution in [-0.4, -0.2) is 22.4 Å². The van der Waals surface area contributed by atoms with Crippen LogP contribution in [0.25, 0.3) is 0 Å². The molecular formula is C2H6Cl12N8P8. The number of nitrogens with zero attached hydrogens (tertiary/aromatic N) is 8. The van der Waals surface area contributed by atoms with Crippen LogP contribution in [0.3, 0.4) is 0 Å². The van der Waals surface area contributed by atoms with Gasteiger partial charge in [0, 0.05) is 0 Å². The molecule has 0 fully saturated rings. The van der Waals surface area contributed by atoms with Gasteiger partial charge >= 0.3 is 0 Å². The minimum Gasteiger partial charge on any atom is -0.212 e. The van der Waals surface area contributed by atoms with Crippen molar-refractivity contribution in [1.82, 2.24) is 9.10 Å². The van der Waals surface area contributed by atoms with Gasteiger partial charge in [-0.2, -0.15) is 18.1 Å². The van der Waals surface area contributed by atoms with E-state index in [0.29, 0.717) is 0 Å². The Kier molecular flexibility index (Phi) is 11.7. The van der Waals surface area contributed by atoms with E-state index in [-0.39, 0.29) is 0 Å². The van der Waals surface area contributed by atoms with Gasteiger partial charge < -0.3 is 0 Å². The summed E-state index contributed by atoms with van der Waals surface area (Å²) in [7, 11) is -3.52. The molecule has 0 aromatic carbocycles. The first-order valence-electron chi connectivity index (χ1n) is 6.32. The predicted octanol–water partition coefficient (Wildman–Crippen LogP) is 16.0. The second kappa shape index (κ2) is 11.0. The van der Waals surface area contributed by atoms with E-state index in [4.69, 9.17) is 135 Å². The Hall–Kier alpha value is 5.64. The summed E-state index contributed by atoms with van der Waals surface area (Å²) in [6.07, 6.45) is 0. The van der Waals surface area contributed by atoms with Gasteiger partial charge in [0.25, 0.3) is 23.6 Å². The molecule has 2 heterocycles. The maximum Gasteiger partial charge on any atom is 0.257 e. The van der Waals surface area contributed by atoms with Crippen molar-refractivity contribution in [2.75, 3.05) is 13.3 Å². The highest BCUT2D eigenvalue weighted by Gasteiger charge is 2.48. The number of hydrazine groups is 1. The average Bonchev–Trinajstić information content (AvgIpc) is 2.34. The van der Waals surface area contributed by atoms with E-state index < -0.39 is 51.9 Å². The molecule has 2 atom stereocenters. The molecule has 2 aliphatic rings. The predicted molar refractivity (Wildman–Crippen MR) is 156 cm³/mol. The fourth-order valence-corrected chi connectivity index (χ4v) is 46.9. The molecule has 2 rings (SSSR count). The standard InChI is InChI=1S/C2H6Cl12N8P8/c1-23-15-25(3,4)17-27(7,8)19-29(11,12)21(23)22-24(2)16-26(5,6)18-28(9,10)20-30(22,13)14/h1-2H3. The van der Waals surface area contributed by atoms with E-state index in [1.165, 1.54) is 9.10 Å². The van der Waals surface area contributed by atoms with Crippen LogP contribution in [0.4, 0.5) is 0 Å². The molecule has 0 spiro atoms. The summed E-state index contributed by atoms with van der Waals surface area (Å²) >= 11 is 76.2. The molecule has 0 saturated carbocycles. The summed E-state index contributed by atoms with van der Waals surface area (Å²) in [6.45, 7) is 3.22. The van der Waals surface area contributed by atoms with Crippen molar-refractivity contribution in [2.24, 2.45) is 27.1 Å². The second-order valence-electron chi connectivity index (χ2n) is 4.79. The van der Waals surface area contributed by atoms with Crippen molar-refractivity contribution >= 4 is 187 Å². The lowest BCUT2D eigenvalue weighted by molar-refractivity contribution is 0.483. The van der Waals surface area contributed by atoms with Crippen LogP contribution < -0.4 is 0 Å². The molecule has 0 saturated heterocycles. The maximum absolute atomic E-state index is 6.62. The van der Waals surface area contributed by atoms with Crippen LogP contribution in [-0.2, 0) is 0 Å². The molecule has 30 heavy (non-hydrogen) atoms. The van der Waals surface area contributed by atoms with E-state index in [1.807, 2.05) is 0 Å². The first kappa shape index (κ1) is 31.9. The largest absolute Gasteiger partial charge is 0.257 e. The first-order chi connectivity index (χ1) is 13.1. The zero-order valence-corrected chi connectivity index (χ0v) is 29.9. The van der Waals surface area contributed by atoms with Gasteiger partial charge in [0.05, 0.1) is 0 Å². The van der Waals surface area contributed by atoms with Crippen molar-refractivity contribution in [3.63, 3.8) is 0 Å². The molecule has 28 heteroatoms. The van der Waals surface area contributed by atoms with Gasteiger partial charge in [0.2, 0.25) is 11.8 Å². The third-order valence-corrected chi connectivity index (χ3v) is 34.6. The molecule has 0 aromatic heterocycles. The SMILES string of the molecule is CP1N=P(Cl)(Cl)N=P(Cl)(Cl)N=P(Cl)(Cl)N1N1P(C)N=P(Cl)(Cl)N=P(Cl)(Cl)N=P1(Cl)Cl. The molecule has 0 amide bonds. The Morgan fingerprint density at radius 3 is 1.00 bits per heavy atom. The summed E-state index contributed by atoms with van der Waals surface area (Å²) < 4.78 is 27.4. The number of halogens is 12. The van der Waals surface area contributed by atoms with Crippen LogP contribution in [0.15, 0.2) is 27.1 Å². The lowest BCUT2D eigenvalue weighted by Crippen LogP contribution is -2.24. The molecule has 2 aliphatic heterocycles. The minimum absolute atomic E-state index is 1.29. The van der Waals surface area contributed by atoms with Crippen LogP contribution in [0.1, 0.15) is 0 Å². The van der Waals surface area contributed by atoms with Crippen molar-refractivity contribution in [3.8, 4) is 0 Å². The Morgan fingerprint density at radius 1 is 0.467 bits per heavy atom.